The molecule has 0 aliphatic rings. The summed E-state index contributed by atoms with van der Waals surface area (Å²) in [7, 11) is 0. The van der Waals surface area contributed by atoms with Crippen molar-refractivity contribution in [2.45, 2.75) is 21.2 Å². The molecule has 0 amide bonds. The van der Waals surface area contributed by atoms with Crippen molar-refractivity contribution < 1.29 is 18.3 Å². The van der Waals surface area contributed by atoms with Gasteiger partial charge in [0.1, 0.15) is 0 Å². The minimum atomic E-state index is -3.80. The number of rotatable bonds is 4. The molecule has 0 aromatic rings. The molecule has 1 N–H and O–H groups in total. The van der Waals surface area contributed by atoms with Gasteiger partial charge in [-0.2, -0.15) is 8.78 Å². The van der Waals surface area contributed by atoms with Crippen LogP contribution in [0.2, 0.25) is 0 Å². The van der Waals surface area contributed by atoms with Crippen molar-refractivity contribution in [1.29, 1.82) is 0 Å². The van der Waals surface area contributed by atoms with Crippen LogP contribution in [0, 0.1) is 0 Å². The second-order valence-electron chi connectivity index (χ2n) is 2.19. The fraction of sp³-hybridized carbons (Fsp3) is 1.00. The van der Waals surface area contributed by atoms with E-state index in [0.29, 0.717) is 0 Å². The Balaban J connectivity index is 4.22. The Bertz CT molecular complexity index is 150. The Kier molecular flexibility index (Phi) is 4.85. The summed E-state index contributed by atoms with van der Waals surface area (Å²) in [6.07, 6.45) is -0.691. The third-order valence-electron chi connectivity index (χ3n) is 1.09. The van der Waals surface area contributed by atoms with Gasteiger partial charge in [0.25, 0.3) is 5.13 Å². The molecule has 2 atom stereocenters. The van der Waals surface area contributed by atoms with Gasteiger partial charge in [-0.3, -0.25) is 0 Å². The maximum atomic E-state index is 12.9. The first-order chi connectivity index (χ1) is 5.20. The number of aliphatic hydroxyl groups is 1. The van der Waals surface area contributed by atoms with Gasteiger partial charge in [0.15, 0.2) is 0 Å². The monoisotopic (exact) mass is 332 g/mol. The van der Waals surface area contributed by atoms with E-state index in [0.717, 1.165) is 0 Å². The summed E-state index contributed by atoms with van der Waals surface area (Å²) in [6.45, 7) is -0.457. The molecular weight excluding hydrogens is 328 g/mol. The van der Waals surface area contributed by atoms with E-state index in [2.05, 4.69) is 15.9 Å². The lowest BCUT2D eigenvalue weighted by Gasteiger charge is -2.24. The van der Waals surface area contributed by atoms with E-state index < -0.39 is 27.8 Å². The van der Waals surface area contributed by atoms with E-state index >= 15 is 0 Å². The predicted octanol–water partition coefficient (Wildman–Crippen LogP) is 3.02. The van der Waals surface area contributed by atoms with Crippen molar-refractivity contribution >= 4 is 43.5 Å². The van der Waals surface area contributed by atoms with Crippen LogP contribution in [0.15, 0.2) is 0 Å². The number of halogens is 6. The maximum Gasteiger partial charge on any atom is 0.348 e. The summed E-state index contributed by atoms with van der Waals surface area (Å²) < 4.78 is 37.5. The van der Waals surface area contributed by atoms with Crippen LogP contribution in [0.4, 0.5) is 13.2 Å². The first-order valence-corrected chi connectivity index (χ1v) is 4.99. The second kappa shape index (κ2) is 4.48. The first-order valence-electron chi connectivity index (χ1n) is 2.90. The normalized spacial score (nSPS) is 20.2. The van der Waals surface area contributed by atoms with E-state index in [4.69, 9.17) is 16.7 Å². The molecule has 0 spiro atoms. The van der Waals surface area contributed by atoms with Crippen molar-refractivity contribution in [2.75, 3.05) is 6.61 Å². The molecule has 0 unspecified atom stereocenters. The Morgan fingerprint density at radius 2 is 1.83 bits per heavy atom. The van der Waals surface area contributed by atoms with Gasteiger partial charge in [0.2, 0.25) is 0 Å². The molecular formula is C5H6Br2ClF3O. The quantitative estimate of drug-likeness (QED) is 0.784. The molecule has 0 heterocycles. The van der Waals surface area contributed by atoms with E-state index in [1.54, 1.807) is 0 Å². The molecule has 12 heavy (non-hydrogen) atoms. The molecule has 0 rings (SSSR count). The zero-order chi connectivity index (χ0) is 9.99. The highest BCUT2D eigenvalue weighted by Gasteiger charge is 2.52. The van der Waals surface area contributed by atoms with E-state index in [1.165, 1.54) is 0 Å². The lowest BCUT2D eigenvalue weighted by atomic mass is 10.2. The van der Waals surface area contributed by atoms with E-state index in [1.807, 2.05) is 15.9 Å². The maximum absolute atomic E-state index is 12.9. The van der Waals surface area contributed by atoms with Crippen LogP contribution in [0.5, 0.6) is 0 Å². The molecule has 0 aromatic carbocycles. The number of aliphatic hydroxyl groups excluding tert-OH is 1. The van der Waals surface area contributed by atoms with Crippen molar-refractivity contribution in [3.8, 4) is 0 Å². The summed E-state index contributed by atoms with van der Waals surface area (Å²) in [5, 5.41) is 5.24. The Morgan fingerprint density at radius 1 is 1.42 bits per heavy atom. The third kappa shape index (κ3) is 3.81. The van der Waals surface area contributed by atoms with Crippen molar-refractivity contribution in [3.05, 3.63) is 0 Å². The zero-order valence-corrected chi connectivity index (χ0v) is 9.63. The lowest BCUT2D eigenvalue weighted by Crippen LogP contribution is -2.36. The van der Waals surface area contributed by atoms with Gasteiger partial charge in [-0.1, -0.05) is 27.5 Å². The molecule has 0 aromatic heterocycles. The minimum absolute atomic E-state index is 0.457. The van der Waals surface area contributed by atoms with Crippen LogP contribution < -0.4 is 0 Å². The second-order valence-corrected chi connectivity index (χ2v) is 5.08. The first kappa shape index (κ1) is 13.0. The molecule has 0 aliphatic heterocycles. The molecule has 0 aliphatic carbocycles. The fourth-order valence-electron chi connectivity index (χ4n) is 0.458. The predicted molar refractivity (Wildman–Crippen MR) is 48.0 cm³/mol. The fourth-order valence-corrected chi connectivity index (χ4v) is 1.44. The molecule has 0 bridgehead atoms. The summed E-state index contributed by atoms with van der Waals surface area (Å²) >= 11 is 9.47. The minimum Gasteiger partial charge on any atom is -0.395 e. The molecule has 7 heteroatoms. The standard InChI is InChI=1S/C5H6Br2ClF3O/c6-3(2-12)1-4(8,9)5(7,10)11/h3,12H,1-2H2/t3-,4+/m1/s1. The van der Waals surface area contributed by atoms with Gasteiger partial charge >= 0.3 is 4.83 Å². The number of alkyl halides is 6. The highest BCUT2D eigenvalue weighted by atomic mass is 79.9. The van der Waals surface area contributed by atoms with Crippen LogP contribution in [-0.4, -0.2) is 26.5 Å². The van der Waals surface area contributed by atoms with Crippen molar-refractivity contribution in [1.82, 2.24) is 0 Å². The average Bonchev–Trinajstić information content (AvgIpc) is 1.84. The lowest BCUT2D eigenvalue weighted by molar-refractivity contribution is -0.0110. The molecule has 0 saturated heterocycles. The van der Waals surface area contributed by atoms with Crippen molar-refractivity contribution in [2.24, 2.45) is 0 Å². The summed E-state index contributed by atoms with van der Waals surface area (Å²) in [5.74, 6) is 0. The molecule has 0 radical (unpaired) electrons. The van der Waals surface area contributed by atoms with Crippen molar-refractivity contribution in [3.63, 3.8) is 0 Å². The Labute approximate surface area is 89.5 Å². The average molecular weight is 334 g/mol. The summed E-state index contributed by atoms with van der Waals surface area (Å²) in [6, 6.07) is 0. The smallest absolute Gasteiger partial charge is 0.348 e. The van der Waals surface area contributed by atoms with E-state index in [9.17, 15) is 13.2 Å². The van der Waals surface area contributed by atoms with Gasteiger partial charge < -0.3 is 5.11 Å². The van der Waals surface area contributed by atoms with Gasteiger partial charge in [0.05, 0.1) is 6.61 Å². The number of hydrogen-bond acceptors (Lipinski definition) is 1. The van der Waals surface area contributed by atoms with Crippen LogP contribution in [-0.2, 0) is 0 Å². The topological polar surface area (TPSA) is 20.2 Å². The molecule has 0 saturated carbocycles. The van der Waals surface area contributed by atoms with Gasteiger partial charge in [0, 0.05) is 11.2 Å². The van der Waals surface area contributed by atoms with Crippen LogP contribution in [0.25, 0.3) is 0 Å². The summed E-state index contributed by atoms with van der Waals surface area (Å²) in [5.41, 5.74) is 0. The van der Waals surface area contributed by atoms with Gasteiger partial charge in [-0.15, -0.1) is 0 Å². The van der Waals surface area contributed by atoms with E-state index in [-0.39, 0.29) is 0 Å². The van der Waals surface area contributed by atoms with Gasteiger partial charge in [-0.05, 0) is 15.9 Å². The van der Waals surface area contributed by atoms with Gasteiger partial charge in [-0.25, -0.2) is 4.39 Å². The van der Waals surface area contributed by atoms with Crippen LogP contribution in [0.3, 0.4) is 0 Å². The summed E-state index contributed by atoms with van der Waals surface area (Å²) in [4.78, 5) is -4.59. The molecule has 0 fully saturated rings. The van der Waals surface area contributed by atoms with Crippen LogP contribution in [0.1, 0.15) is 6.42 Å². The zero-order valence-electron chi connectivity index (χ0n) is 5.71. The highest BCUT2D eigenvalue weighted by molar-refractivity contribution is 9.10. The Hall–Kier alpha value is 1.000. The molecule has 1 nitrogen and oxygen atoms in total. The van der Waals surface area contributed by atoms with Crippen LogP contribution >= 0.6 is 43.5 Å². The largest absolute Gasteiger partial charge is 0.395 e. The number of hydrogen-bond donors (Lipinski definition) is 1. The molecule has 74 valence electrons. The highest BCUT2D eigenvalue weighted by Crippen LogP contribution is 2.44. The third-order valence-corrected chi connectivity index (χ3v) is 2.95. The Morgan fingerprint density at radius 3 is 2.08 bits per heavy atom. The SMILES string of the molecule is OC[C@H](Br)C[C@@](F)(Cl)C(F)(F)Br.